The van der Waals surface area contributed by atoms with Gasteiger partial charge < -0.3 is 28.5 Å². The minimum absolute atomic E-state index is 0.178. The molecule has 9 heteroatoms. The summed E-state index contributed by atoms with van der Waals surface area (Å²) in [6.07, 6.45) is 82.7. The number of hydrogen-bond donors (Lipinski definition) is 1. The number of nitrogens with zero attached hydrogens (tertiary/aromatic N) is 1. The Balaban J connectivity index is 3.99. The van der Waals surface area contributed by atoms with E-state index in [-0.39, 0.29) is 38.2 Å². The van der Waals surface area contributed by atoms with Crippen LogP contribution in [-0.2, 0) is 33.3 Å². The topological polar surface area (TPSA) is 108 Å². The van der Waals surface area contributed by atoms with E-state index in [1.54, 1.807) is 0 Å². The number of rotatable bonds is 63. The molecule has 0 fully saturated rings. The van der Waals surface area contributed by atoms with Crippen LogP contribution in [0.2, 0.25) is 0 Å². The van der Waals surface area contributed by atoms with Crippen molar-refractivity contribution in [2.75, 3.05) is 47.5 Å². The van der Waals surface area contributed by atoms with Crippen LogP contribution in [0.25, 0.3) is 0 Å². The van der Waals surface area contributed by atoms with E-state index in [1.165, 1.54) is 193 Å². The molecule has 0 heterocycles. The minimum atomic E-state index is -1.51. The third kappa shape index (κ3) is 64.0. The number of carbonyl (C=O) groups excluding carboxylic acids is 2. The molecule has 0 aliphatic heterocycles. The third-order valence-corrected chi connectivity index (χ3v) is 14.9. The Morgan fingerprint density at radius 3 is 1.04 bits per heavy atom. The van der Waals surface area contributed by atoms with Crippen molar-refractivity contribution < 1.29 is 42.9 Å². The standard InChI is InChI=1S/C73H129NO8/c1-6-8-10-12-14-16-18-20-22-24-25-26-27-28-29-30-31-32-33-34-35-36-37-38-39-40-41-42-43-44-45-46-47-48-50-52-54-56-58-60-62-64-71(76)82-69(68-81-73(72(77)78)79-66-65-74(3,4)5)67-80-70(75)63-61-59-57-55-53-51-49-23-21-19-17-15-13-11-9-7-2/h8,10,14,16,20,22,25-26,28-29,31-32,34-35,69,73H,6-7,9,11-13,15,17-19,21,23-24,27,30,33,36-68H2,1-5H3/p+1/b10-8-,16-14-,22-20-,26-25-,29-28-,32-31-,35-34-. The van der Waals surface area contributed by atoms with Gasteiger partial charge >= 0.3 is 17.9 Å². The Hall–Kier alpha value is -3.53. The highest BCUT2D eigenvalue weighted by Crippen LogP contribution is 2.18. The molecule has 9 nitrogen and oxygen atoms in total. The first-order valence-corrected chi connectivity index (χ1v) is 34.3. The van der Waals surface area contributed by atoms with Gasteiger partial charge in [-0.2, -0.15) is 0 Å². The van der Waals surface area contributed by atoms with Crippen molar-refractivity contribution in [2.24, 2.45) is 0 Å². The van der Waals surface area contributed by atoms with E-state index in [0.29, 0.717) is 17.4 Å². The third-order valence-electron chi connectivity index (χ3n) is 14.9. The molecule has 0 bridgehead atoms. The average Bonchev–Trinajstić information content (AvgIpc) is 3.45. The maximum atomic E-state index is 12.9. The quantitative estimate of drug-likeness (QED) is 0.0211. The van der Waals surface area contributed by atoms with E-state index in [0.717, 1.165) is 83.5 Å². The normalized spacial score (nSPS) is 13.2. The molecule has 0 aromatic heterocycles. The fourth-order valence-electron chi connectivity index (χ4n) is 9.70. The van der Waals surface area contributed by atoms with Gasteiger partial charge in [0.25, 0.3) is 6.29 Å². The summed E-state index contributed by atoms with van der Waals surface area (Å²) < 4.78 is 22.9. The first-order valence-electron chi connectivity index (χ1n) is 34.3. The maximum absolute atomic E-state index is 12.9. The van der Waals surface area contributed by atoms with Gasteiger partial charge in [0, 0.05) is 12.8 Å². The van der Waals surface area contributed by atoms with Crippen LogP contribution in [0.1, 0.15) is 303 Å². The number of allylic oxidation sites excluding steroid dienone is 14. The van der Waals surface area contributed by atoms with E-state index in [2.05, 4.69) is 98.9 Å². The van der Waals surface area contributed by atoms with Gasteiger partial charge in [0.2, 0.25) is 0 Å². The zero-order valence-corrected chi connectivity index (χ0v) is 54.1. The molecular weight excluding hydrogens is 1020 g/mol. The number of carboxylic acid groups (broad SMARTS) is 1. The Morgan fingerprint density at radius 2 is 0.695 bits per heavy atom. The fourth-order valence-corrected chi connectivity index (χ4v) is 9.70. The van der Waals surface area contributed by atoms with Crippen molar-refractivity contribution in [3.05, 3.63) is 85.1 Å². The second kappa shape index (κ2) is 63.5. The number of likely N-dealkylation sites (N-methyl/N-ethyl adjacent to an activating group) is 1. The second-order valence-electron chi connectivity index (χ2n) is 24.1. The van der Waals surface area contributed by atoms with Crippen molar-refractivity contribution in [2.45, 2.75) is 315 Å². The summed E-state index contributed by atoms with van der Waals surface area (Å²) >= 11 is 0. The van der Waals surface area contributed by atoms with E-state index in [9.17, 15) is 19.5 Å². The minimum Gasteiger partial charge on any atom is -0.477 e. The Labute approximate surface area is 506 Å². The van der Waals surface area contributed by atoms with Gasteiger partial charge in [-0.15, -0.1) is 0 Å². The fraction of sp³-hybridized carbons (Fsp3) is 0.767. The number of carbonyl (C=O) groups is 3. The smallest absolute Gasteiger partial charge is 0.361 e. The molecule has 0 amide bonds. The number of ether oxygens (including phenoxy) is 4. The molecule has 0 aromatic carbocycles. The molecule has 2 atom stereocenters. The summed E-state index contributed by atoms with van der Waals surface area (Å²) in [5.74, 6) is -1.99. The number of carboxylic acids is 1. The molecule has 0 rings (SSSR count). The number of hydrogen-bond acceptors (Lipinski definition) is 7. The molecule has 474 valence electrons. The molecule has 0 spiro atoms. The van der Waals surface area contributed by atoms with Gasteiger partial charge in [-0.3, -0.25) is 9.59 Å². The zero-order valence-electron chi connectivity index (χ0n) is 54.1. The van der Waals surface area contributed by atoms with Crippen molar-refractivity contribution >= 4 is 17.9 Å². The predicted octanol–water partition coefficient (Wildman–Crippen LogP) is 21.1. The lowest BCUT2D eigenvalue weighted by Gasteiger charge is -2.25. The number of aliphatic carboxylic acids is 1. The molecule has 0 saturated carbocycles. The van der Waals surface area contributed by atoms with Gasteiger partial charge in [0.05, 0.1) is 34.4 Å². The molecular formula is C73H130NO8+. The highest BCUT2D eigenvalue weighted by molar-refractivity contribution is 5.71. The average molecular weight is 1150 g/mol. The van der Waals surface area contributed by atoms with Gasteiger partial charge in [-0.1, -0.05) is 304 Å². The van der Waals surface area contributed by atoms with Crippen molar-refractivity contribution in [3.63, 3.8) is 0 Å². The number of unbranched alkanes of at least 4 members (excludes halogenated alkanes) is 34. The summed E-state index contributed by atoms with van der Waals surface area (Å²) in [5, 5.41) is 9.72. The van der Waals surface area contributed by atoms with Crippen molar-refractivity contribution in [1.29, 1.82) is 0 Å². The van der Waals surface area contributed by atoms with Crippen molar-refractivity contribution in [3.8, 4) is 0 Å². The van der Waals surface area contributed by atoms with Crippen molar-refractivity contribution in [1.82, 2.24) is 0 Å². The summed E-state index contributed by atoms with van der Waals surface area (Å²) in [7, 11) is 5.98. The zero-order chi connectivity index (χ0) is 59.8. The lowest BCUT2D eigenvalue weighted by Crippen LogP contribution is -2.40. The summed E-state index contributed by atoms with van der Waals surface area (Å²) in [6, 6.07) is 0. The van der Waals surface area contributed by atoms with E-state index < -0.39 is 18.4 Å². The van der Waals surface area contributed by atoms with Gasteiger partial charge in [0.15, 0.2) is 6.10 Å². The van der Waals surface area contributed by atoms with Crippen LogP contribution in [0.3, 0.4) is 0 Å². The van der Waals surface area contributed by atoms with E-state index >= 15 is 0 Å². The van der Waals surface area contributed by atoms with Gasteiger partial charge in [-0.05, 0) is 70.6 Å². The second-order valence-corrected chi connectivity index (χ2v) is 24.1. The molecule has 0 aliphatic rings. The molecule has 82 heavy (non-hydrogen) atoms. The lowest BCUT2D eigenvalue weighted by molar-refractivity contribution is -0.870. The summed E-state index contributed by atoms with van der Waals surface area (Å²) in [6.45, 7) is 4.80. The molecule has 0 aromatic rings. The molecule has 0 radical (unpaired) electrons. The largest absolute Gasteiger partial charge is 0.477 e. The van der Waals surface area contributed by atoms with Crippen LogP contribution >= 0.6 is 0 Å². The Kier molecular flexibility index (Phi) is 60.8. The van der Waals surface area contributed by atoms with Gasteiger partial charge in [0.1, 0.15) is 13.2 Å². The first kappa shape index (κ1) is 78.5. The van der Waals surface area contributed by atoms with Gasteiger partial charge in [-0.25, -0.2) is 4.79 Å². The summed E-state index contributed by atoms with van der Waals surface area (Å²) in [5.41, 5.74) is 0. The molecule has 0 saturated heterocycles. The highest BCUT2D eigenvalue weighted by Gasteiger charge is 2.25. The van der Waals surface area contributed by atoms with Crippen LogP contribution in [0.5, 0.6) is 0 Å². The molecule has 0 aliphatic carbocycles. The summed E-state index contributed by atoms with van der Waals surface area (Å²) in [4.78, 5) is 37.5. The van der Waals surface area contributed by atoms with Crippen LogP contribution in [0.4, 0.5) is 0 Å². The number of quaternary nitrogens is 1. The van der Waals surface area contributed by atoms with Crippen LogP contribution in [0, 0.1) is 0 Å². The van der Waals surface area contributed by atoms with Crippen LogP contribution in [0.15, 0.2) is 85.1 Å². The Morgan fingerprint density at radius 1 is 0.378 bits per heavy atom. The van der Waals surface area contributed by atoms with Crippen LogP contribution in [-0.4, -0.2) is 87.4 Å². The molecule has 1 N–H and O–H groups in total. The predicted molar refractivity (Wildman–Crippen MR) is 350 cm³/mol. The number of esters is 2. The van der Waals surface area contributed by atoms with E-state index in [1.807, 2.05) is 21.1 Å². The first-order chi connectivity index (χ1) is 40.1. The Bertz CT molecular complexity index is 1620. The van der Waals surface area contributed by atoms with E-state index in [4.69, 9.17) is 18.9 Å². The highest BCUT2D eigenvalue weighted by atomic mass is 16.7. The lowest BCUT2D eigenvalue weighted by atomic mass is 10.0. The maximum Gasteiger partial charge on any atom is 0.361 e. The molecule has 2 unspecified atom stereocenters. The SMILES string of the molecule is CC/C=C\C/C=C\C/C=C\C/C=C\C/C=C\C/C=C\C/C=C\CCCCCCCCCCCCCCCCCCCCCC(=O)OC(COC(=O)CCCCCCCCCCCCCCCCCC)COC(OCC[N+](C)(C)C)C(=O)O. The monoisotopic (exact) mass is 1150 g/mol. The van der Waals surface area contributed by atoms with Crippen LogP contribution < -0.4 is 0 Å².